The number of hydrogen-bond donors (Lipinski definition) is 0. The van der Waals surface area contributed by atoms with Crippen LogP contribution in [0.5, 0.6) is 0 Å². The molecule has 1 aromatic rings. The molecule has 0 saturated carbocycles. The molecule has 0 aliphatic carbocycles. The molecule has 2 aliphatic rings. The Kier molecular flexibility index (Phi) is 4.84. The first-order valence-electron chi connectivity index (χ1n) is 8.64. The van der Waals surface area contributed by atoms with E-state index in [0.29, 0.717) is 18.8 Å². The Balaban J connectivity index is 1.67. The fourth-order valence-electron chi connectivity index (χ4n) is 3.42. The number of ketones is 1. The van der Waals surface area contributed by atoms with Crippen molar-refractivity contribution in [3.8, 4) is 0 Å². The van der Waals surface area contributed by atoms with Gasteiger partial charge in [0, 0.05) is 37.2 Å². The van der Waals surface area contributed by atoms with Crippen LogP contribution in [-0.4, -0.2) is 51.0 Å². The summed E-state index contributed by atoms with van der Waals surface area (Å²) in [6.45, 7) is 6.21. The molecule has 2 saturated heterocycles. The summed E-state index contributed by atoms with van der Waals surface area (Å²) < 4.78 is 16.2. The van der Waals surface area contributed by atoms with Crippen LogP contribution in [0.2, 0.25) is 0 Å². The molecule has 6 heteroatoms. The minimum atomic E-state index is -1.19. The van der Waals surface area contributed by atoms with Gasteiger partial charge in [-0.1, -0.05) is 0 Å². The second kappa shape index (κ2) is 6.77. The summed E-state index contributed by atoms with van der Waals surface area (Å²) in [6.07, 6.45) is 1.67. The van der Waals surface area contributed by atoms with Gasteiger partial charge in [0.05, 0.1) is 20.3 Å². The van der Waals surface area contributed by atoms with Crippen molar-refractivity contribution in [2.24, 2.45) is 5.41 Å². The Labute approximate surface area is 148 Å². The topological polar surface area (TPSA) is 65.1 Å². The SMILES string of the molecule is COC(=O)C(C)(C)C(=O)c1ccc(N2CCC3(CC2)OCCO3)cc1. The van der Waals surface area contributed by atoms with Gasteiger partial charge in [-0.3, -0.25) is 9.59 Å². The molecule has 0 radical (unpaired) electrons. The van der Waals surface area contributed by atoms with Gasteiger partial charge in [0.15, 0.2) is 11.6 Å². The number of ether oxygens (including phenoxy) is 3. The average Bonchev–Trinajstić information content (AvgIpc) is 3.09. The van der Waals surface area contributed by atoms with Gasteiger partial charge in [0.25, 0.3) is 0 Å². The normalized spacial score (nSPS) is 19.9. The third kappa shape index (κ3) is 3.41. The molecule has 3 rings (SSSR count). The summed E-state index contributed by atoms with van der Waals surface area (Å²) in [7, 11) is 1.29. The Morgan fingerprint density at radius 1 is 1.08 bits per heavy atom. The zero-order chi connectivity index (χ0) is 18.1. The van der Waals surface area contributed by atoms with Crippen molar-refractivity contribution >= 4 is 17.4 Å². The van der Waals surface area contributed by atoms with Crippen LogP contribution in [0.1, 0.15) is 37.0 Å². The van der Waals surface area contributed by atoms with E-state index in [1.54, 1.807) is 26.0 Å². The number of benzene rings is 1. The first-order valence-corrected chi connectivity index (χ1v) is 8.64. The molecule has 1 aromatic carbocycles. The third-order valence-electron chi connectivity index (χ3n) is 5.10. The first-order chi connectivity index (χ1) is 11.9. The highest BCUT2D eigenvalue weighted by molar-refractivity contribution is 6.11. The fourth-order valence-corrected chi connectivity index (χ4v) is 3.42. The van der Waals surface area contributed by atoms with Crippen molar-refractivity contribution in [2.45, 2.75) is 32.5 Å². The number of methoxy groups -OCH3 is 1. The number of anilines is 1. The maximum Gasteiger partial charge on any atom is 0.319 e. The van der Waals surface area contributed by atoms with E-state index in [1.165, 1.54) is 7.11 Å². The molecule has 1 spiro atoms. The van der Waals surface area contributed by atoms with E-state index in [-0.39, 0.29) is 5.78 Å². The van der Waals surface area contributed by atoms with E-state index in [2.05, 4.69) is 4.90 Å². The van der Waals surface area contributed by atoms with Gasteiger partial charge in [0.2, 0.25) is 0 Å². The number of rotatable bonds is 4. The predicted molar refractivity (Wildman–Crippen MR) is 92.7 cm³/mol. The fraction of sp³-hybridized carbons (Fsp3) is 0.579. The summed E-state index contributed by atoms with van der Waals surface area (Å²) >= 11 is 0. The summed E-state index contributed by atoms with van der Waals surface area (Å²) in [5.74, 6) is -1.16. The van der Waals surface area contributed by atoms with Crippen molar-refractivity contribution < 1.29 is 23.8 Å². The number of carbonyl (C=O) groups excluding carboxylic acids is 2. The lowest BCUT2D eigenvalue weighted by atomic mass is 9.84. The molecule has 0 aromatic heterocycles. The van der Waals surface area contributed by atoms with E-state index >= 15 is 0 Å². The van der Waals surface area contributed by atoms with Gasteiger partial charge in [-0.2, -0.15) is 0 Å². The highest BCUT2D eigenvalue weighted by Gasteiger charge is 2.40. The van der Waals surface area contributed by atoms with Crippen LogP contribution in [0.25, 0.3) is 0 Å². The Bertz CT molecular complexity index is 636. The lowest BCUT2D eigenvalue weighted by Gasteiger charge is -2.38. The quantitative estimate of drug-likeness (QED) is 0.473. The summed E-state index contributed by atoms with van der Waals surface area (Å²) in [6, 6.07) is 7.40. The molecule has 0 unspecified atom stereocenters. The number of nitrogens with zero attached hydrogens (tertiary/aromatic N) is 1. The first kappa shape index (κ1) is 17.9. The number of piperidine rings is 1. The van der Waals surface area contributed by atoms with Gasteiger partial charge in [-0.15, -0.1) is 0 Å². The van der Waals surface area contributed by atoms with Crippen LogP contribution in [0, 0.1) is 5.41 Å². The molecule has 6 nitrogen and oxygen atoms in total. The molecular formula is C19H25NO5. The van der Waals surface area contributed by atoms with Gasteiger partial charge in [-0.25, -0.2) is 0 Å². The molecule has 0 amide bonds. The van der Waals surface area contributed by atoms with Crippen LogP contribution in [0.3, 0.4) is 0 Å². The molecule has 0 bridgehead atoms. The zero-order valence-electron chi connectivity index (χ0n) is 15.0. The van der Waals surface area contributed by atoms with E-state index in [1.807, 2.05) is 12.1 Å². The van der Waals surface area contributed by atoms with E-state index in [0.717, 1.165) is 31.6 Å². The summed E-state index contributed by atoms with van der Waals surface area (Å²) in [5.41, 5.74) is 0.376. The van der Waals surface area contributed by atoms with Crippen molar-refractivity contribution in [2.75, 3.05) is 38.3 Å². The van der Waals surface area contributed by atoms with Gasteiger partial charge >= 0.3 is 5.97 Å². The predicted octanol–water partition coefficient (Wildman–Crippen LogP) is 2.41. The molecular weight excluding hydrogens is 322 g/mol. The van der Waals surface area contributed by atoms with Crippen LogP contribution in [0.4, 0.5) is 5.69 Å². The Hall–Kier alpha value is -1.92. The van der Waals surface area contributed by atoms with Gasteiger partial charge in [0.1, 0.15) is 5.41 Å². The molecule has 0 atom stereocenters. The smallest absolute Gasteiger partial charge is 0.319 e. The van der Waals surface area contributed by atoms with Crippen LogP contribution in [-0.2, 0) is 19.0 Å². The maximum absolute atomic E-state index is 12.6. The highest BCUT2D eigenvalue weighted by atomic mass is 16.7. The second-order valence-corrected chi connectivity index (χ2v) is 7.09. The van der Waals surface area contributed by atoms with Crippen molar-refractivity contribution in [3.05, 3.63) is 29.8 Å². The summed E-state index contributed by atoms with van der Waals surface area (Å²) in [5, 5.41) is 0. The molecule has 25 heavy (non-hydrogen) atoms. The number of esters is 1. The zero-order valence-corrected chi connectivity index (χ0v) is 15.0. The second-order valence-electron chi connectivity index (χ2n) is 7.09. The van der Waals surface area contributed by atoms with Gasteiger partial charge < -0.3 is 19.1 Å². The molecule has 136 valence electrons. The lowest BCUT2D eigenvalue weighted by molar-refractivity contribution is -0.169. The number of Topliss-reactive ketones (excluding diaryl/α,β-unsaturated/α-hetero) is 1. The lowest BCUT2D eigenvalue weighted by Crippen LogP contribution is -2.45. The molecule has 0 N–H and O–H groups in total. The van der Waals surface area contributed by atoms with Crippen LogP contribution >= 0.6 is 0 Å². The van der Waals surface area contributed by atoms with Crippen LogP contribution < -0.4 is 4.90 Å². The monoisotopic (exact) mass is 347 g/mol. The average molecular weight is 347 g/mol. The molecule has 2 fully saturated rings. The number of hydrogen-bond acceptors (Lipinski definition) is 6. The van der Waals surface area contributed by atoms with E-state index < -0.39 is 17.2 Å². The van der Waals surface area contributed by atoms with Crippen molar-refractivity contribution in [1.82, 2.24) is 0 Å². The Morgan fingerprint density at radius 2 is 1.64 bits per heavy atom. The maximum atomic E-state index is 12.6. The molecule has 2 heterocycles. The van der Waals surface area contributed by atoms with Gasteiger partial charge in [-0.05, 0) is 38.1 Å². The largest absolute Gasteiger partial charge is 0.468 e. The standard InChI is InChI=1S/C19H25NO5/c1-18(2,17(22)23-3)16(21)14-4-6-15(7-5-14)20-10-8-19(9-11-20)24-12-13-25-19/h4-7H,8-13H2,1-3H3. The third-order valence-corrected chi connectivity index (χ3v) is 5.10. The summed E-state index contributed by atoms with van der Waals surface area (Å²) in [4.78, 5) is 26.6. The number of carbonyl (C=O) groups is 2. The molecule has 2 aliphatic heterocycles. The highest BCUT2D eigenvalue weighted by Crippen LogP contribution is 2.33. The van der Waals surface area contributed by atoms with Crippen molar-refractivity contribution in [3.63, 3.8) is 0 Å². The van der Waals surface area contributed by atoms with Crippen molar-refractivity contribution in [1.29, 1.82) is 0 Å². The minimum absolute atomic E-state index is 0.240. The Morgan fingerprint density at radius 3 is 2.16 bits per heavy atom. The van der Waals surface area contributed by atoms with Crippen LogP contribution in [0.15, 0.2) is 24.3 Å². The van der Waals surface area contributed by atoms with E-state index in [4.69, 9.17) is 14.2 Å². The minimum Gasteiger partial charge on any atom is -0.468 e. The van der Waals surface area contributed by atoms with E-state index in [9.17, 15) is 9.59 Å².